The molecule has 1 aliphatic rings. The van der Waals surface area contributed by atoms with Crippen LogP contribution >= 0.6 is 0 Å². The van der Waals surface area contributed by atoms with Gasteiger partial charge in [0.1, 0.15) is 18.0 Å². The van der Waals surface area contributed by atoms with Crippen molar-refractivity contribution in [2.45, 2.75) is 45.6 Å². The maximum absolute atomic E-state index is 4.46. The van der Waals surface area contributed by atoms with E-state index in [4.69, 9.17) is 0 Å². The minimum Gasteiger partial charge on any atom is -0.373 e. The van der Waals surface area contributed by atoms with E-state index in [-0.39, 0.29) is 0 Å². The van der Waals surface area contributed by atoms with Crippen molar-refractivity contribution >= 4 is 11.6 Å². The largest absolute Gasteiger partial charge is 0.373 e. The summed E-state index contributed by atoms with van der Waals surface area (Å²) in [6.07, 6.45) is 6.95. The topological polar surface area (TPSA) is 41.0 Å². The fourth-order valence-corrected chi connectivity index (χ4v) is 2.68. The summed E-state index contributed by atoms with van der Waals surface area (Å²) in [7, 11) is 1.90. The maximum Gasteiger partial charge on any atom is 0.134 e. The quantitative estimate of drug-likeness (QED) is 0.870. The van der Waals surface area contributed by atoms with Gasteiger partial charge in [0.2, 0.25) is 0 Å². The Morgan fingerprint density at radius 1 is 1.33 bits per heavy atom. The van der Waals surface area contributed by atoms with E-state index in [1.54, 1.807) is 6.33 Å². The van der Waals surface area contributed by atoms with Gasteiger partial charge in [-0.05, 0) is 18.8 Å². The first-order valence-corrected chi connectivity index (χ1v) is 6.97. The predicted molar refractivity (Wildman–Crippen MR) is 76.0 cm³/mol. The van der Waals surface area contributed by atoms with Gasteiger partial charge in [0.25, 0.3) is 0 Å². The van der Waals surface area contributed by atoms with Crippen LogP contribution in [0.25, 0.3) is 0 Å². The average Bonchev–Trinajstić information content (AvgIpc) is 2.89. The van der Waals surface area contributed by atoms with Crippen molar-refractivity contribution in [3.63, 3.8) is 0 Å². The molecule has 1 aromatic heterocycles. The third-order valence-electron chi connectivity index (χ3n) is 3.53. The van der Waals surface area contributed by atoms with Crippen LogP contribution in [0.1, 0.15) is 39.5 Å². The highest BCUT2D eigenvalue weighted by Crippen LogP contribution is 2.28. The highest BCUT2D eigenvalue weighted by atomic mass is 15.2. The monoisotopic (exact) mass is 248 g/mol. The molecule has 1 aliphatic carbocycles. The second-order valence-electron chi connectivity index (χ2n) is 5.50. The summed E-state index contributed by atoms with van der Waals surface area (Å²) in [4.78, 5) is 11.1. The summed E-state index contributed by atoms with van der Waals surface area (Å²) in [5, 5.41) is 3.09. The summed E-state index contributed by atoms with van der Waals surface area (Å²) < 4.78 is 0. The highest BCUT2D eigenvalue weighted by molar-refractivity contribution is 5.49. The van der Waals surface area contributed by atoms with Gasteiger partial charge in [-0.1, -0.05) is 26.7 Å². The molecule has 1 N–H and O–H groups in total. The van der Waals surface area contributed by atoms with Gasteiger partial charge >= 0.3 is 0 Å². The van der Waals surface area contributed by atoms with Crippen molar-refractivity contribution in [3.05, 3.63) is 12.4 Å². The van der Waals surface area contributed by atoms with Gasteiger partial charge in [-0.3, -0.25) is 0 Å². The molecule has 1 aromatic rings. The number of nitrogens with one attached hydrogen (secondary N) is 1. The molecule has 0 bridgehead atoms. The van der Waals surface area contributed by atoms with E-state index < -0.39 is 0 Å². The average molecular weight is 248 g/mol. The summed E-state index contributed by atoms with van der Waals surface area (Å²) in [5.74, 6) is 2.61. The molecule has 0 atom stereocenters. The lowest BCUT2D eigenvalue weighted by Crippen LogP contribution is -2.37. The van der Waals surface area contributed by atoms with Crippen molar-refractivity contribution in [1.29, 1.82) is 0 Å². The first kappa shape index (κ1) is 13.1. The lowest BCUT2D eigenvalue weighted by Gasteiger charge is -2.31. The van der Waals surface area contributed by atoms with Crippen molar-refractivity contribution < 1.29 is 0 Å². The third kappa shape index (κ3) is 3.12. The molecule has 2 rings (SSSR count). The Kier molecular flexibility index (Phi) is 4.39. The van der Waals surface area contributed by atoms with E-state index in [0.717, 1.165) is 18.2 Å². The molecule has 4 heteroatoms. The zero-order chi connectivity index (χ0) is 13.0. The molecule has 100 valence electrons. The number of rotatable bonds is 5. The van der Waals surface area contributed by atoms with Crippen LogP contribution in [0.4, 0.5) is 11.6 Å². The van der Waals surface area contributed by atoms with Crippen LogP contribution in [0.5, 0.6) is 0 Å². The van der Waals surface area contributed by atoms with Gasteiger partial charge in [0.15, 0.2) is 0 Å². The number of hydrogen-bond acceptors (Lipinski definition) is 4. The molecule has 1 fully saturated rings. The molecule has 1 heterocycles. The van der Waals surface area contributed by atoms with Crippen LogP contribution in [0.3, 0.4) is 0 Å². The van der Waals surface area contributed by atoms with Crippen LogP contribution in [-0.4, -0.2) is 29.6 Å². The van der Waals surface area contributed by atoms with Crippen LogP contribution in [0.2, 0.25) is 0 Å². The van der Waals surface area contributed by atoms with E-state index in [2.05, 4.69) is 40.1 Å². The zero-order valence-corrected chi connectivity index (χ0v) is 11.7. The zero-order valence-electron chi connectivity index (χ0n) is 11.7. The van der Waals surface area contributed by atoms with E-state index >= 15 is 0 Å². The Bertz CT molecular complexity index is 372. The van der Waals surface area contributed by atoms with Gasteiger partial charge in [0.05, 0.1) is 0 Å². The lowest BCUT2D eigenvalue weighted by atomic mass is 10.1. The molecule has 4 nitrogen and oxygen atoms in total. The second kappa shape index (κ2) is 6.03. The fraction of sp³-hybridized carbons (Fsp3) is 0.714. The summed E-state index contributed by atoms with van der Waals surface area (Å²) in [6.45, 7) is 5.61. The number of nitrogens with zero attached hydrogens (tertiary/aromatic N) is 3. The number of hydrogen-bond donors (Lipinski definition) is 1. The predicted octanol–water partition coefficient (Wildman–Crippen LogP) is 2.92. The summed E-state index contributed by atoms with van der Waals surface area (Å²) >= 11 is 0. The van der Waals surface area contributed by atoms with Crippen LogP contribution in [0.15, 0.2) is 12.4 Å². The Labute approximate surface area is 110 Å². The number of anilines is 2. The lowest BCUT2D eigenvalue weighted by molar-refractivity contribution is 0.531. The summed E-state index contributed by atoms with van der Waals surface area (Å²) in [6, 6.07) is 2.72. The Hall–Kier alpha value is -1.32. The SMILES string of the molecule is CNc1cc(N(CC(C)C)C2CCCC2)ncn1. The van der Waals surface area contributed by atoms with Gasteiger partial charge in [-0.2, -0.15) is 0 Å². The molecule has 0 unspecified atom stereocenters. The molecule has 0 amide bonds. The second-order valence-corrected chi connectivity index (χ2v) is 5.50. The summed E-state index contributed by atoms with van der Waals surface area (Å²) in [5.41, 5.74) is 0. The Balaban J connectivity index is 2.20. The molecular weight excluding hydrogens is 224 g/mol. The molecular formula is C14H24N4. The molecule has 0 aliphatic heterocycles. The van der Waals surface area contributed by atoms with E-state index in [1.807, 2.05) is 7.05 Å². The highest BCUT2D eigenvalue weighted by Gasteiger charge is 2.24. The fourth-order valence-electron chi connectivity index (χ4n) is 2.68. The minimum atomic E-state index is 0.651. The minimum absolute atomic E-state index is 0.651. The van der Waals surface area contributed by atoms with Crippen molar-refractivity contribution in [2.75, 3.05) is 23.8 Å². The standard InChI is InChI=1S/C14H24N4/c1-11(2)9-18(12-6-4-5-7-12)14-8-13(15-3)16-10-17-14/h8,10-12H,4-7,9H2,1-3H3,(H,15,16,17). The van der Waals surface area contributed by atoms with E-state index in [1.165, 1.54) is 25.7 Å². The van der Waals surface area contributed by atoms with Crippen LogP contribution < -0.4 is 10.2 Å². The Morgan fingerprint density at radius 2 is 2.06 bits per heavy atom. The molecule has 18 heavy (non-hydrogen) atoms. The normalized spacial score (nSPS) is 16.2. The van der Waals surface area contributed by atoms with Gasteiger partial charge in [-0.25, -0.2) is 9.97 Å². The van der Waals surface area contributed by atoms with E-state index in [0.29, 0.717) is 12.0 Å². The number of aromatic nitrogens is 2. The smallest absolute Gasteiger partial charge is 0.134 e. The first-order valence-electron chi connectivity index (χ1n) is 6.97. The first-order chi connectivity index (χ1) is 8.70. The molecule has 0 radical (unpaired) electrons. The van der Waals surface area contributed by atoms with Gasteiger partial charge in [0, 0.05) is 25.7 Å². The van der Waals surface area contributed by atoms with Crippen molar-refractivity contribution in [2.24, 2.45) is 5.92 Å². The Morgan fingerprint density at radius 3 is 2.67 bits per heavy atom. The third-order valence-corrected chi connectivity index (χ3v) is 3.53. The van der Waals surface area contributed by atoms with Crippen LogP contribution in [-0.2, 0) is 0 Å². The van der Waals surface area contributed by atoms with Gasteiger partial charge in [-0.15, -0.1) is 0 Å². The van der Waals surface area contributed by atoms with Crippen molar-refractivity contribution in [3.8, 4) is 0 Å². The van der Waals surface area contributed by atoms with Crippen molar-refractivity contribution in [1.82, 2.24) is 9.97 Å². The maximum atomic E-state index is 4.46. The van der Waals surface area contributed by atoms with Crippen LogP contribution in [0, 0.1) is 5.92 Å². The molecule has 0 aromatic carbocycles. The van der Waals surface area contributed by atoms with E-state index in [9.17, 15) is 0 Å². The molecule has 1 saturated carbocycles. The molecule has 0 spiro atoms. The van der Waals surface area contributed by atoms with Gasteiger partial charge < -0.3 is 10.2 Å². The molecule has 0 saturated heterocycles.